The molecule has 1 aromatic heterocycles. The molecular weight excluding hydrogens is 318 g/mol. The zero-order chi connectivity index (χ0) is 16.5. The first-order valence-electron chi connectivity index (χ1n) is 7.75. The summed E-state index contributed by atoms with van der Waals surface area (Å²) in [5.74, 6) is 0.852. The van der Waals surface area contributed by atoms with Crippen molar-refractivity contribution in [2.75, 3.05) is 7.11 Å². The van der Waals surface area contributed by atoms with Crippen LogP contribution in [0.5, 0.6) is 5.75 Å². The third kappa shape index (κ3) is 2.71. The Morgan fingerprint density at radius 3 is 2.50 bits per heavy atom. The number of aryl methyl sites for hydroxylation is 1. The molecule has 1 aliphatic rings. The Balaban J connectivity index is 1.77. The zero-order valence-corrected chi connectivity index (χ0v) is 14.3. The van der Waals surface area contributed by atoms with Crippen molar-refractivity contribution in [1.29, 1.82) is 0 Å². The van der Waals surface area contributed by atoms with Crippen LogP contribution in [0.4, 0.5) is 0 Å². The molecule has 120 valence electrons. The Hall–Kier alpha value is -2.53. The highest BCUT2D eigenvalue weighted by atomic mass is 32.2. The number of hydrogen-bond donors (Lipinski definition) is 0. The van der Waals surface area contributed by atoms with Crippen LogP contribution in [0.1, 0.15) is 22.7 Å². The third-order valence-corrected chi connectivity index (χ3v) is 5.17. The van der Waals surface area contributed by atoms with Gasteiger partial charge in [-0.05, 0) is 48.0 Å². The monoisotopic (exact) mass is 335 g/mol. The van der Waals surface area contributed by atoms with E-state index < -0.39 is 0 Å². The molecule has 4 rings (SSSR count). The van der Waals surface area contributed by atoms with Crippen LogP contribution in [0.15, 0.2) is 66.1 Å². The number of nitrogens with zero attached hydrogens (tertiary/aromatic N) is 3. The normalized spacial score (nSPS) is 16.4. The number of fused-ring (bicyclic) bond motifs is 1. The first kappa shape index (κ1) is 15.0. The topological polar surface area (TPSA) is 39.9 Å². The second-order valence-electron chi connectivity index (χ2n) is 5.70. The van der Waals surface area contributed by atoms with Crippen molar-refractivity contribution in [2.45, 2.75) is 18.1 Å². The van der Waals surface area contributed by atoms with Gasteiger partial charge in [-0.1, -0.05) is 42.0 Å². The number of aromatic nitrogens is 3. The number of hydrogen-bond acceptors (Lipinski definition) is 4. The average molecular weight is 335 g/mol. The highest BCUT2D eigenvalue weighted by Gasteiger charge is 2.24. The van der Waals surface area contributed by atoms with Gasteiger partial charge in [-0.25, -0.2) is 9.67 Å². The molecule has 0 amide bonds. The number of thioether (sulfide) groups is 1. The predicted octanol–water partition coefficient (Wildman–Crippen LogP) is 4.33. The van der Waals surface area contributed by atoms with Gasteiger partial charge in [0.25, 0.3) is 0 Å². The summed E-state index contributed by atoms with van der Waals surface area (Å²) in [4.78, 5) is 5.61. The molecule has 0 saturated heterocycles. The molecular formula is C19H17N3OS. The summed E-state index contributed by atoms with van der Waals surface area (Å²) in [5, 5.41) is 5.32. The predicted molar refractivity (Wildman–Crippen MR) is 96.2 cm³/mol. The maximum absolute atomic E-state index is 5.26. The molecule has 0 fully saturated rings. The molecule has 0 saturated carbocycles. The number of ether oxygens (including phenoxy) is 1. The van der Waals surface area contributed by atoms with Gasteiger partial charge < -0.3 is 4.74 Å². The van der Waals surface area contributed by atoms with Crippen LogP contribution in [-0.2, 0) is 0 Å². The van der Waals surface area contributed by atoms with E-state index >= 15 is 0 Å². The second kappa shape index (κ2) is 6.17. The summed E-state index contributed by atoms with van der Waals surface area (Å²) in [6.45, 7) is 2.10. The van der Waals surface area contributed by atoms with E-state index in [2.05, 4.69) is 59.5 Å². The van der Waals surface area contributed by atoms with Crippen LogP contribution in [0.2, 0.25) is 0 Å². The van der Waals surface area contributed by atoms with Crippen molar-refractivity contribution in [3.63, 3.8) is 0 Å². The summed E-state index contributed by atoms with van der Waals surface area (Å²) < 4.78 is 7.22. The molecule has 0 radical (unpaired) electrons. The first-order valence-corrected chi connectivity index (χ1v) is 8.56. The van der Waals surface area contributed by atoms with E-state index in [1.165, 1.54) is 16.0 Å². The second-order valence-corrected chi connectivity index (χ2v) is 6.71. The van der Waals surface area contributed by atoms with Gasteiger partial charge in [-0.15, -0.1) is 0 Å². The van der Waals surface area contributed by atoms with Crippen LogP contribution >= 0.6 is 11.8 Å². The van der Waals surface area contributed by atoms with Crippen molar-refractivity contribution in [3.05, 3.63) is 77.6 Å². The molecule has 1 unspecified atom stereocenters. The summed E-state index contributed by atoms with van der Waals surface area (Å²) in [7, 11) is 1.68. The Labute approximate surface area is 145 Å². The van der Waals surface area contributed by atoms with E-state index in [1.807, 2.05) is 16.8 Å². The highest BCUT2D eigenvalue weighted by Crippen LogP contribution is 2.41. The smallest absolute Gasteiger partial charge is 0.191 e. The summed E-state index contributed by atoms with van der Waals surface area (Å²) in [6.07, 6.45) is 3.86. The van der Waals surface area contributed by atoms with Gasteiger partial charge in [0.05, 0.1) is 13.2 Å². The molecule has 24 heavy (non-hydrogen) atoms. The SMILES string of the molecule is COc1ccc(C2C=C(c3ccc(C)cc3)Sc3ncnn32)cc1. The Morgan fingerprint density at radius 2 is 1.79 bits per heavy atom. The van der Waals surface area contributed by atoms with E-state index in [4.69, 9.17) is 4.74 Å². The van der Waals surface area contributed by atoms with Crippen molar-refractivity contribution < 1.29 is 4.74 Å². The molecule has 0 bridgehead atoms. The lowest BCUT2D eigenvalue weighted by Crippen LogP contribution is -2.14. The lowest BCUT2D eigenvalue weighted by Gasteiger charge is -2.23. The Bertz CT molecular complexity index is 882. The van der Waals surface area contributed by atoms with Gasteiger partial charge in [0.1, 0.15) is 12.1 Å². The summed E-state index contributed by atoms with van der Waals surface area (Å²) >= 11 is 1.65. The Morgan fingerprint density at radius 1 is 1.04 bits per heavy atom. The van der Waals surface area contributed by atoms with Crippen molar-refractivity contribution in [3.8, 4) is 5.75 Å². The van der Waals surface area contributed by atoms with Crippen molar-refractivity contribution >= 4 is 16.7 Å². The van der Waals surface area contributed by atoms with Crippen LogP contribution in [0.25, 0.3) is 4.91 Å². The molecule has 3 aromatic rings. The van der Waals surface area contributed by atoms with Gasteiger partial charge in [-0.3, -0.25) is 0 Å². The fourth-order valence-electron chi connectivity index (χ4n) is 2.76. The van der Waals surface area contributed by atoms with Crippen LogP contribution in [0, 0.1) is 6.92 Å². The lowest BCUT2D eigenvalue weighted by molar-refractivity contribution is 0.414. The lowest BCUT2D eigenvalue weighted by atomic mass is 10.0. The van der Waals surface area contributed by atoms with Gasteiger partial charge in [0, 0.05) is 4.91 Å². The number of benzene rings is 2. The van der Waals surface area contributed by atoms with Crippen molar-refractivity contribution in [2.24, 2.45) is 0 Å². The molecule has 2 aromatic carbocycles. The standard InChI is InChI=1S/C19H17N3OS/c1-13-3-5-15(6-4-13)18-11-17(22-19(24-18)20-12-21-22)14-7-9-16(23-2)10-8-14/h3-12,17H,1-2H3. The average Bonchev–Trinajstić information content (AvgIpc) is 3.10. The largest absolute Gasteiger partial charge is 0.497 e. The number of rotatable bonds is 3. The zero-order valence-electron chi connectivity index (χ0n) is 13.5. The number of allylic oxidation sites excluding steroid dienone is 1. The molecule has 0 aliphatic carbocycles. The van der Waals surface area contributed by atoms with E-state index in [1.54, 1.807) is 25.2 Å². The van der Waals surface area contributed by atoms with E-state index in [-0.39, 0.29) is 6.04 Å². The van der Waals surface area contributed by atoms with Crippen LogP contribution < -0.4 is 4.74 Å². The van der Waals surface area contributed by atoms with Gasteiger partial charge in [0.15, 0.2) is 5.16 Å². The van der Waals surface area contributed by atoms with Crippen LogP contribution in [0.3, 0.4) is 0 Å². The molecule has 0 N–H and O–H groups in total. The first-order chi connectivity index (χ1) is 11.7. The quantitative estimate of drug-likeness (QED) is 0.714. The molecule has 2 heterocycles. The maximum Gasteiger partial charge on any atom is 0.191 e. The summed E-state index contributed by atoms with van der Waals surface area (Å²) in [6, 6.07) is 16.7. The minimum atomic E-state index is 0.0333. The van der Waals surface area contributed by atoms with E-state index in [9.17, 15) is 0 Å². The summed E-state index contributed by atoms with van der Waals surface area (Å²) in [5.41, 5.74) is 3.63. The fourth-order valence-corrected chi connectivity index (χ4v) is 3.76. The minimum Gasteiger partial charge on any atom is -0.497 e. The number of methoxy groups -OCH3 is 1. The fraction of sp³-hybridized carbons (Fsp3) is 0.158. The third-order valence-electron chi connectivity index (χ3n) is 4.11. The van der Waals surface area contributed by atoms with Crippen LogP contribution in [-0.4, -0.2) is 21.9 Å². The van der Waals surface area contributed by atoms with E-state index in [0.29, 0.717) is 0 Å². The maximum atomic E-state index is 5.26. The molecule has 1 aliphatic heterocycles. The van der Waals surface area contributed by atoms with Gasteiger partial charge in [0.2, 0.25) is 0 Å². The molecule has 4 nitrogen and oxygen atoms in total. The molecule has 5 heteroatoms. The van der Waals surface area contributed by atoms with Gasteiger partial charge >= 0.3 is 0 Å². The highest BCUT2D eigenvalue weighted by molar-refractivity contribution is 8.08. The molecule has 0 spiro atoms. The Kier molecular flexibility index (Phi) is 3.86. The molecule has 1 atom stereocenters. The van der Waals surface area contributed by atoms with Crippen molar-refractivity contribution in [1.82, 2.24) is 14.8 Å². The van der Waals surface area contributed by atoms with Gasteiger partial charge in [-0.2, -0.15) is 5.10 Å². The minimum absolute atomic E-state index is 0.0333. The van der Waals surface area contributed by atoms with E-state index in [0.717, 1.165) is 16.5 Å².